The van der Waals surface area contributed by atoms with Gasteiger partial charge in [0.1, 0.15) is 11.2 Å². The molecule has 28 heavy (non-hydrogen) atoms. The van der Waals surface area contributed by atoms with Gasteiger partial charge in [0, 0.05) is 35.6 Å². The fourth-order valence-electron chi connectivity index (χ4n) is 2.62. The molecular formula is C20H23N5O3. The zero-order chi connectivity index (χ0) is 20.3. The summed E-state index contributed by atoms with van der Waals surface area (Å²) in [5.41, 5.74) is 1.28. The molecule has 2 aromatic heterocycles. The van der Waals surface area contributed by atoms with Gasteiger partial charge >= 0.3 is 6.09 Å². The van der Waals surface area contributed by atoms with E-state index in [0.717, 1.165) is 11.1 Å². The van der Waals surface area contributed by atoms with E-state index in [1.165, 1.54) is 6.07 Å². The number of nitrogens with one attached hydrogen (secondary N) is 2. The molecule has 3 aromatic rings. The van der Waals surface area contributed by atoms with Crippen molar-refractivity contribution in [3.8, 4) is 0 Å². The lowest BCUT2D eigenvalue weighted by Crippen LogP contribution is -2.27. The fourth-order valence-corrected chi connectivity index (χ4v) is 2.62. The second-order valence-electron chi connectivity index (χ2n) is 7.22. The molecule has 0 bridgehead atoms. The number of anilines is 3. The summed E-state index contributed by atoms with van der Waals surface area (Å²) in [6.07, 6.45) is 1.16. The molecule has 8 heteroatoms. The largest absolute Gasteiger partial charge is 0.444 e. The van der Waals surface area contributed by atoms with Crippen molar-refractivity contribution in [1.29, 1.82) is 0 Å². The molecule has 0 radical (unpaired) electrons. The first-order valence-electron chi connectivity index (χ1n) is 8.99. The molecule has 0 saturated heterocycles. The van der Waals surface area contributed by atoms with Crippen LogP contribution in [0.5, 0.6) is 0 Å². The highest BCUT2D eigenvalue weighted by Gasteiger charge is 2.16. The van der Waals surface area contributed by atoms with Crippen LogP contribution in [0.1, 0.15) is 27.7 Å². The number of benzene rings is 1. The van der Waals surface area contributed by atoms with Crippen LogP contribution in [-0.2, 0) is 11.3 Å². The Balaban J connectivity index is 1.75. The standard InChI is InChI=1S/C20H23N5O3/c1-5-25-16(26)11-6-13-12-21-18(24-17(13)25)22-14-7-9-15(10-8-14)23-19(27)28-20(2,3)4/h6-12H,5H2,1-4H3,(H,23,27)(H,21,22,24). The van der Waals surface area contributed by atoms with Crippen molar-refractivity contribution < 1.29 is 9.53 Å². The van der Waals surface area contributed by atoms with Gasteiger partial charge in [0.25, 0.3) is 5.56 Å². The van der Waals surface area contributed by atoms with E-state index >= 15 is 0 Å². The summed E-state index contributed by atoms with van der Waals surface area (Å²) < 4.78 is 6.82. The van der Waals surface area contributed by atoms with Gasteiger partial charge in [0.2, 0.25) is 5.95 Å². The lowest BCUT2D eigenvalue weighted by atomic mass is 10.2. The van der Waals surface area contributed by atoms with Gasteiger partial charge in [-0.2, -0.15) is 4.98 Å². The summed E-state index contributed by atoms with van der Waals surface area (Å²) in [4.78, 5) is 32.6. The van der Waals surface area contributed by atoms with E-state index in [2.05, 4.69) is 20.6 Å². The van der Waals surface area contributed by atoms with Gasteiger partial charge in [-0.05, 0) is 58.0 Å². The Morgan fingerprint density at radius 1 is 1.11 bits per heavy atom. The number of fused-ring (bicyclic) bond motifs is 1. The third kappa shape index (κ3) is 4.64. The van der Waals surface area contributed by atoms with Crippen LogP contribution in [0.2, 0.25) is 0 Å². The first kappa shape index (κ1) is 19.3. The average molecular weight is 381 g/mol. The van der Waals surface area contributed by atoms with E-state index in [1.807, 2.05) is 6.92 Å². The van der Waals surface area contributed by atoms with E-state index in [1.54, 1.807) is 61.9 Å². The number of ether oxygens (including phenoxy) is 1. The van der Waals surface area contributed by atoms with Crippen LogP contribution >= 0.6 is 0 Å². The first-order valence-corrected chi connectivity index (χ1v) is 8.99. The fraction of sp³-hybridized carbons (Fsp3) is 0.300. The molecule has 0 saturated carbocycles. The van der Waals surface area contributed by atoms with E-state index in [-0.39, 0.29) is 5.56 Å². The van der Waals surface area contributed by atoms with Crippen LogP contribution in [0.3, 0.4) is 0 Å². The number of aryl methyl sites for hydroxylation is 1. The molecule has 146 valence electrons. The van der Waals surface area contributed by atoms with Gasteiger partial charge in [-0.25, -0.2) is 9.78 Å². The molecule has 0 atom stereocenters. The molecule has 2 heterocycles. The lowest BCUT2D eigenvalue weighted by Gasteiger charge is -2.19. The van der Waals surface area contributed by atoms with Crippen molar-refractivity contribution >= 4 is 34.4 Å². The Hall–Kier alpha value is -3.42. The summed E-state index contributed by atoms with van der Waals surface area (Å²) in [5.74, 6) is 0.383. The third-order valence-corrected chi connectivity index (χ3v) is 3.83. The molecule has 0 aliphatic heterocycles. The first-order chi connectivity index (χ1) is 13.2. The second kappa shape index (κ2) is 7.67. The zero-order valence-electron chi connectivity index (χ0n) is 16.3. The number of hydrogen-bond donors (Lipinski definition) is 2. The molecule has 0 spiro atoms. The van der Waals surface area contributed by atoms with Crippen LogP contribution in [0, 0.1) is 0 Å². The van der Waals surface area contributed by atoms with Crippen LogP contribution in [0.4, 0.5) is 22.1 Å². The monoisotopic (exact) mass is 381 g/mol. The molecule has 0 unspecified atom stereocenters. The van der Waals surface area contributed by atoms with Crippen LogP contribution in [-0.4, -0.2) is 26.2 Å². The van der Waals surface area contributed by atoms with Gasteiger partial charge in [0.15, 0.2) is 0 Å². The van der Waals surface area contributed by atoms with E-state index in [4.69, 9.17) is 4.74 Å². The minimum atomic E-state index is -0.557. The maximum Gasteiger partial charge on any atom is 0.412 e. The SMILES string of the molecule is CCn1c(=O)ccc2cnc(Nc3ccc(NC(=O)OC(C)(C)C)cc3)nc21. The van der Waals surface area contributed by atoms with Crippen molar-refractivity contribution in [2.24, 2.45) is 0 Å². The quantitative estimate of drug-likeness (QED) is 0.711. The summed E-state index contributed by atoms with van der Waals surface area (Å²) in [7, 11) is 0. The van der Waals surface area contributed by atoms with Crippen molar-refractivity contribution in [2.45, 2.75) is 39.8 Å². The zero-order valence-corrected chi connectivity index (χ0v) is 16.3. The number of carbonyl (C=O) groups is 1. The molecule has 0 fully saturated rings. The number of aromatic nitrogens is 3. The molecular weight excluding hydrogens is 358 g/mol. The Bertz CT molecular complexity index is 1050. The molecule has 1 amide bonds. The molecule has 2 N–H and O–H groups in total. The number of hydrogen-bond acceptors (Lipinski definition) is 6. The molecule has 3 rings (SSSR count). The van der Waals surface area contributed by atoms with Crippen LogP contribution in [0.15, 0.2) is 47.4 Å². The Labute approximate surface area is 162 Å². The summed E-state index contributed by atoms with van der Waals surface area (Å²) in [6, 6.07) is 10.3. The van der Waals surface area contributed by atoms with Gasteiger partial charge in [0.05, 0.1) is 0 Å². The van der Waals surface area contributed by atoms with Crippen LogP contribution in [0.25, 0.3) is 11.0 Å². The topological polar surface area (TPSA) is 98.1 Å². The van der Waals surface area contributed by atoms with E-state index in [0.29, 0.717) is 23.8 Å². The minimum absolute atomic E-state index is 0.0998. The highest BCUT2D eigenvalue weighted by atomic mass is 16.6. The predicted octanol–water partition coefficient (Wildman–Crippen LogP) is 3.90. The van der Waals surface area contributed by atoms with Crippen molar-refractivity contribution in [3.63, 3.8) is 0 Å². The van der Waals surface area contributed by atoms with Crippen molar-refractivity contribution in [3.05, 3.63) is 52.9 Å². The normalized spacial score (nSPS) is 11.3. The molecule has 8 nitrogen and oxygen atoms in total. The van der Waals surface area contributed by atoms with Gasteiger partial charge < -0.3 is 10.1 Å². The summed E-state index contributed by atoms with van der Waals surface area (Å²) in [5, 5.41) is 6.58. The Morgan fingerprint density at radius 2 is 1.79 bits per heavy atom. The maximum atomic E-state index is 12.0. The lowest BCUT2D eigenvalue weighted by molar-refractivity contribution is 0.0636. The van der Waals surface area contributed by atoms with E-state index < -0.39 is 11.7 Å². The van der Waals surface area contributed by atoms with Gasteiger partial charge in [-0.3, -0.25) is 14.7 Å². The minimum Gasteiger partial charge on any atom is -0.444 e. The predicted molar refractivity (Wildman–Crippen MR) is 109 cm³/mol. The van der Waals surface area contributed by atoms with Gasteiger partial charge in [-0.15, -0.1) is 0 Å². The highest BCUT2D eigenvalue weighted by molar-refractivity contribution is 5.85. The van der Waals surface area contributed by atoms with Crippen LogP contribution < -0.4 is 16.2 Å². The number of carbonyl (C=O) groups excluding carboxylic acids is 1. The molecule has 0 aliphatic carbocycles. The van der Waals surface area contributed by atoms with Gasteiger partial charge in [-0.1, -0.05) is 0 Å². The maximum absolute atomic E-state index is 12.0. The molecule has 0 aliphatic rings. The number of nitrogens with zero attached hydrogens (tertiary/aromatic N) is 3. The Morgan fingerprint density at radius 3 is 2.43 bits per heavy atom. The summed E-state index contributed by atoms with van der Waals surface area (Å²) >= 11 is 0. The number of amides is 1. The third-order valence-electron chi connectivity index (χ3n) is 3.83. The van der Waals surface area contributed by atoms with Crippen molar-refractivity contribution in [1.82, 2.24) is 14.5 Å². The number of rotatable bonds is 4. The second-order valence-corrected chi connectivity index (χ2v) is 7.22. The van der Waals surface area contributed by atoms with E-state index in [9.17, 15) is 9.59 Å². The Kier molecular flexibility index (Phi) is 5.30. The van der Waals surface area contributed by atoms with Crippen molar-refractivity contribution in [2.75, 3.05) is 10.6 Å². The highest BCUT2D eigenvalue weighted by Crippen LogP contribution is 2.19. The molecule has 1 aromatic carbocycles. The smallest absolute Gasteiger partial charge is 0.412 e. The number of pyridine rings is 1. The summed E-state index contributed by atoms with van der Waals surface area (Å²) in [6.45, 7) is 7.84. The average Bonchev–Trinajstić information content (AvgIpc) is 2.61.